The van der Waals surface area contributed by atoms with E-state index in [-0.39, 0.29) is 10.8 Å². The van der Waals surface area contributed by atoms with Gasteiger partial charge < -0.3 is 5.32 Å². The molecule has 3 aromatic rings. The number of aromatic nitrogens is 2. The number of rotatable bonds is 4. The lowest BCUT2D eigenvalue weighted by molar-refractivity contribution is 0.102. The highest BCUT2D eigenvalue weighted by molar-refractivity contribution is 7.90. The Labute approximate surface area is 158 Å². The van der Waals surface area contributed by atoms with Crippen molar-refractivity contribution in [2.24, 2.45) is 0 Å². The van der Waals surface area contributed by atoms with Gasteiger partial charge in [-0.05, 0) is 68.3 Å². The van der Waals surface area contributed by atoms with E-state index >= 15 is 0 Å². The zero-order chi connectivity index (χ0) is 19.8. The molecule has 2 aromatic carbocycles. The molecule has 0 saturated carbocycles. The van der Waals surface area contributed by atoms with Gasteiger partial charge in [0.25, 0.3) is 5.91 Å². The minimum absolute atomic E-state index is 0.176. The maximum absolute atomic E-state index is 12.6. The summed E-state index contributed by atoms with van der Waals surface area (Å²) in [6, 6.07) is 13.7. The van der Waals surface area contributed by atoms with Crippen LogP contribution in [0.1, 0.15) is 27.2 Å². The van der Waals surface area contributed by atoms with Gasteiger partial charge in [0.05, 0.1) is 16.3 Å². The first kappa shape index (κ1) is 18.8. The Morgan fingerprint density at radius 1 is 0.963 bits per heavy atom. The zero-order valence-corrected chi connectivity index (χ0v) is 16.5. The molecule has 0 unspecified atom stereocenters. The van der Waals surface area contributed by atoms with E-state index in [0.717, 1.165) is 28.8 Å². The molecule has 3 rings (SSSR count). The number of carbonyl (C=O) groups excluding carboxylic acids is 1. The van der Waals surface area contributed by atoms with Crippen LogP contribution in [0.15, 0.2) is 53.4 Å². The minimum atomic E-state index is -3.30. The Hall–Kier alpha value is -2.93. The maximum atomic E-state index is 12.6. The van der Waals surface area contributed by atoms with Crippen molar-refractivity contribution < 1.29 is 13.2 Å². The molecule has 0 aliphatic rings. The highest BCUT2D eigenvalue weighted by Crippen LogP contribution is 2.21. The van der Waals surface area contributed by atoms with Crippen molar-refractivity contribution in [1.29, 1.82) is 0 Å². The number of nitrogens with zero attached hydrogens (tertiary/aromatic N) is 2. The predicted molar refractivity (Wildman–Crippen MR) is 105 cm³/mol. The first-order valence-corrected chi connectivity index (χ1v) is 10.3. The second-order valence-electron chi connectivity index (χ2n) is 6.68. The topological polar surface area (TPSA) is 81.1 Å². The fourth-order valence-electron chi connectivity index (χ4n) is 2.90. The standard InChI is InChI=1S/C20H21N3O3S/c1-13-9-14(2)11-17(10-13)23-19(12-15(3)22-23)21-20(24)16-5-7-18(8-6-16)27(4,25)26/h5-12H,1-4H3,(H,21,24). The molecular weight excluding hydrogens is 362 g/mol. The zero-order valence-electron chi connectivity index (χ0n) is 15.6. The number of nitrogens with one attached hydrogen (secondary N) is 1. The lowest BCUT2D eigenvalue weighted by Gasteiger charge is -2.11. The molecule has 140 valence electrons. The fourth-order valence-corrected chi connectivity index (χ4v) is 3.53. The summed E-state index contributed by atoms with van der Waals surface area (Å²) in [7, 11) is -3.30. The minimum Gasteiger partial charge on any atom is -0.306 e. The van der Waals surface area contributed by atoms with E-state index in [0.29, 0.717) is 11.4 Å². The number of anilines is 1. The third kappa shape index (κ3) is 4.25. The van der Waals surface area contributed by atoms with Gasteiger partial charge in [0.2, 0.25) is 0 Å². The Morgan fingerprint density at radius 3 is 2.11 bits per heavy atom. The second-order valence-corrected chi connectivity index (χ2v) is 8.70. The van der Waals surface area contributed by atoms with Crippen LogP contribution in [0, 0.1) is 20.8 Å². The smallest absolute Gasteiger partial charge is 0.256 e. The van der Waals surface area contributed by atoms with Gasteiger partial charge in [-0.2, -0.15) is 5.10 Å². The first-order chi connectivity index (χ1) is 12.6. The predicted octanol–water partition coefficient (Wildman–Crippen LogP) is 3.45. The summed E-state index contributed by atoms with van der Waals surface area (Å²) >= 11 is 0. The molecule has 0 spiro atoms. The molecule has 27 heavy (non-hydrogen) atoms. The van der Waals surface area contributed by atoms with E-state index in [2.05, 4.69) is 16.5 Å². The summed E-state index contributed by atoms with van der Waals surface area (Å²) in [6.45, 7) is 5.87. The number of benzene rings is 2. The average molecular weight is 383 g/mol. The van der Waals surface area contributed by atoms with Gasteiger partial charge in [0.15, 0.2) is 9.84 Å². The fraction of sp³-hybridized carbons (Fsp3) is 0.200. The van der Waals surface area contributed by atoms with E-state index in [9.17, 15) is 13.2 Å². The van der Waals surface area contributed by atoms with Crippen LogP contribution in [0.25, 0.3) is 5.69 Å². The van der Waals surface area contributed by atoms with Crippen LogP contribution >= 0.6 is 0 Å². The molecule has 7 heteroatoms. The largest absolute Gasteiger partial charge is 0.306 e. The van der Waals surface area contributed by atoms with Crippen LogP contribution < -0.4 is 5.32 Å². The van der Waals surface area contributed by atoms with Crippen molar-refractivity contribution in [1.82, 2.24) is 9.78 Å². The van der Waals surface area contributed by atoms with Crippen LogP contribution in [0.5, 0.6) is 0 Å². The third-order valence-corrected chi connectivity index (χ3v) is 5.20. The summed E-state index contributed by atoms with van der Waals surface area (Å²) in [5.74, 6) is 0.218. The van der Waals surface area contributed by atoms with Crippen molar-refractivity contribution in [2.45, 2.75) is 25.7 Å². The summed E-state index contributed by atoms with van der Waals surface area (Å²) in [4.78, 5) is 12.8. The van der Waals surface area contributed by atoms with Gasteiger partial charge in [-0.3, -0.25) is 4.79 Å². The van der Waals surface area contributed by atoms with Crippen molar-refractivity contribution >= 4 is 21.6 Å². The molecule has 0 aliphatic carbocycles. The molecule has 1 aromatic heterocycles. The molecule has 0 radical (unpaired) electrons. The van der Waals surface area contributed by atoms with Crippen molar-refractivity contribution in [3.8, 4) is 5.69 Å². The molecule has 1 amide bonds. The second kappa shape index (κ2) is 7.00. The molecule has 0 atom stereocenters. The van der Waals surface area contributed by atoms with Crippen LogP contribution in [-0.4, -0.2) is 30.4 Å². The van der Waals surface area contributed by atoms with E-state index in [1.54, 1.807) is 10.7 Å². The van der Waals surface area contributed by atoms with Gasteiger partial charge in [-0.25, -0.2) is 13.1 Å². The number of aryl methyl sites for hydroxylation is 3. The van der Waals surface area contributed by atoms with Gasteiger partial charge in [0.1, 0.15) is 5.82 Å². The SMILES string of the molecule is Cc1cc(C)cc(-n2nc(C)cc2NC(=O)c2ccc(S(C)(=O)=O)cc2)c1. The molecule has 1 N–H and O–H groups in total. The summed E-state index contributed by atoms with van der Waals surface area (Å²) in [5, 5.41) is 7.33. The molecule has 1 heterocycles. The number of hydrogen-bond acceptors (Lipinski definition) is 4. The number of sulfone groups is 1. The monoisotopic (exact) mass is 383 g/mol. The Morgan fingerprint density at radius 2 is 1.56 bits per heavy atom. The van der Waals surface area contributed by atoms with E-state index in [1.807, 2.05) is 32.9 Å². The first-order valence-electron chi connectivity index (χ1n) is 8.40. The Balaban J connectivity index is 1.91. The lowest BCUT2D eigenvalue weighted by Crippen LogP contribution is -2.15. The molecule has 0 fully saturated rings. The lowest BCUT2D eigenvalue weighted by atomic mass is 10.1. The van der Waals surface area contributed by atoms with Crippen LogP contribution in [0.4, 0.5) is 5.82 Å². The molecule has 0 bridgehead atoms. The summed E-state index contributed by atoms with van der Waals surface area (Å²) < 4.78 is 24.8. The van der Waals surface area contributed by atoms with Gasteiger partial charge in [-0.1, -0.05) is 6.07 Å². The van der Waals surface area contributed by atoms with Crippen LogP contribution in [0.2, 0.25) is 0 Å². The van der Waals surface area contributed by atoms with Crippen molar-refractivity contribution in [3.05, 3.63) is 70.9 Å². The van der Waals surface area contributed by atoms with E-state index in [1.165, 1.54) is 24.3 Å². The van der Waals surface area contributed by atoms with Crippen LogP contribution in [0.3, 0.4) is 0 Å². The molecular formula is C20H21N3O3S. The maximum Gasteiger partial charge on any atom is 0.256 e. The highest BCUT2D eigenvalue weighted by atomic mass is 32.2. The highest BCUT2D eigenvalue weighted by Gasteiger charge is 2.14. The van der Waals surface area contributed by atoms with E-state index in [4.69, 9.17) is 0 Å². The normalized spacial score (nSPS) is 11.4. The van der Waals surface area contributed by atoms with Crippen LogP contribution in [-0.2, 0) is 9.84 Å². The Bertz CT molecular complexity index is 1090. The van der Waals surface area contributed by atoms with Crippen molar-refractivity contribution in [2.75, 3.05) is 11.6 Å². The van der Waals surface area contributed by atoms with E-state index < -0.39 is 9.84 Å². The number of hydrogen-bond donors (Lipinski definition) is 1. The summed E-state index contributed by atoms with van der Waals surface area (Å²) in [5.41, 5.74) is 4.21. The van der Waals surface area contributed by atoms with Gasteiger partial charge >= 0.3 is 0 Å². The van der Waals surface area contributed by atoms with Gasteiger partial charge in [0, 0.05) is 17.9 Å². The number of amides is 1. The third-order valence-electron chi connectivity index (χ3n) is 4.07. The molecule has 0 saturated heterocycles. The molecule has 6 nitrogen and oxygen atoms in total. The number of carbonyl (C=O) groups is 1. The van der Waals surface area contributed by atoms with Gasteiger partial charge in [-0.15, -0.1) is 0 Å². The van der Waals surface area contributed by atoms with Crippen molar-refractivity contribution in [3.63, 3.8) is 0 Å². The molecule has 0 aliphatic heterocycles. The quantitative estimate of drug-likeness (QED) is 0.748. The summed E-state index contributed by atoms with van der Waals surface area (Å²) in [6.07, 6.45) is 1.13. The Kier molecular flexibility index (Phi) is 4.89. The average Bonchev–Trinajstić information content (AvgIpc) is 2.93.